The van der Waals surface area contributed by atoms with E-state index in [0.29, 0.717) is 6.10 Å². The summed E-state index contributed by atoms with van der Waals surface area (Å²) in [6, 6.07) is 0.895. The fraction of sp³-hybridized carbons (Fsp3) is 1.00. The first-order chi connectivity index (χ1) is 9.26. The van der Waals surface area contributed by atoms with E-state index in [1.807, 2.05) is 0 Å². The minimum Gasteiger partial charge on any atom is -0.379 e. The van der Waals surface area contributed by atoms with Crippen LogP contribution in [0.25, 0.3) is 0 Å². The van der Waals surface area contributed by atoms with E-state index >= 15 is 0 Å². The molecule has 1 rings (SSSR count). The third kappa shape index (κ3) is 7.39. The van der Waals surface area contributed by atoms with Crippen LogP contribution < -0.4 is 0 Å². The average Bonchev–Trinajstić information content (AvgIpc) is 3.26. The molecule has 5 nitrogen and oxygen atoms in total. The van der Waals surface area contributed by atoms with Gasteiger partial charge < -0.3 is 22.8 Å². The van der Waals surface area contributed by atoms with E-state index in [4.69, 9.17) is 22.8 Å². The van der Waals surface area contributed by atoms with E-state index in [2.05, 4.69) is 0 Å². The van der Waals surface area contributed by atoms with Crippen LogP contribution in [-0.2, 0) is 22.8 Å². The molecule has 0 aliphatic carbocycles. The molecule has 6 heteroatoms. The number of hydrogen-bond donors (Lipinski definition) is 0. The number of epoxide rings is 1. The molecule has 1 heterocycles. The maximum atomic E-state index is 5.49. The number of ether oxygens (including phenoxy) is 2. The molecule has 0 amide bonds. The standard InChI is InChI=1S/C13H28O5Si/c1-14-19(15-2,16-3)10-8-6-4-5-7-9-17-11-13-12-18-13/h13H,4-12H2,1-3H3. The van der Waals surface area contributed by atoms with Crippen LogP contribution in [0.4, 0.5) is 0 Å². The molecule has 0 aromatic rings. The Morgan fingerprint density at radius 3 is 2.11 bits per heavy atom. The van der Waals surface area contributed by atoms with Crippen molar-refractivity contribution in [2.24, 2.45) is 0 Å². The second-order valence-corrected chi connectivity index (χ2v) is 7.93. The fourth-order valence-electron chi connectivity index (χ4n) is 2.01. The van der Waals surface area contributed by atoms with E-state index in [-0.39, 0.29) is 0 Å². The Bertz CT molecular complexity index is 211. The summed E-state index contributed by atoms with van der Waals surface area (Å²) in [4.78, 5) is 0. The summed E-state index contributed by atoms with van der Waals surface area (Å²) in [6.45, 7) is 2.50. The molecule has 0 N–H and O–H groups in total. The third-order valence-corrected chi connectivity index (χ3v) is 6.24. The molecule has 0 aromatic carbocycles. The van der Waals surface area contributed by atoms with Crippen LogP contribution in [-0.4, -0.2) is 56.1 Å². The molecular formula is C13H28O5Si. The molecule has 0 spiro atoms. The fourth-order valence-corrected chi connectivity index (χ4v) is 3.81. The maximum absolute atomic E-state index is 5.49. The minimum atomic E-state index is -2.34. The molecule has 1 atom stereocenters. The van der Waals surface area contributed by atoms with Gasteiger partial charge >= 0.3 is 8.80 Å². The van der Waals surface area contributed by atoms with Crippen molar-refractivity contribution in [2.45, 2.75) is 44.3 Å². The van der Waals surface area contributed by atoms with Crippen molar-refractivity contribution in [3.8, 4) is 0 Å². The molecule has 19 heavy (non-hydrogen) atoms. The number of unbranched alkanes of at least 4 members (excludes halogenated alkanes) is 4. The van der Waals surface area contributed by atoms with Gasteiger partial charge in [0.05, 0.1) is 13.2 Å². The second-order valence-electron chi connectivity index (χ2n) is 4.84. The zero-order chi connectivity index (χ0) is 14.0. The first-order valence-corrected chi connectivity index (χ1v) is 9.04. The number of hydrogen-bond acceptors (Lipinski definition) is 5. The highest BCUT2D eigenvalue weighted by molar-refractivity contribution is 6.60. The lowest BCUT2D eigenvalue weighted by Crippen LogP contribution is -2.42. The second kappa shape index (κ2) is 9.85. The van der Waals surface area contributed by atoms with Gasteiger partial charge in [-0.25, -0.2) is 0 Å². The summed E-state index contributed by atoms with van der Waals surface area (Å²) < 4.78 is 26.7. The Morgan fingerprint density at radius 2 is 1.53 bits per heavy atom. The van der Waals surface area contributed by atoms with E-state index in [0.717, 1.165) is 38.7 Å². The zero-order valence-corrected chi connectivity index (χ0v) is 13.5. The summed E-state index contributed by atoms with van der Waals surface area (Å²) in [6.07, 6.45) is 6.25. The largest absolute Gasteiger partial charge is 0.500 e. The van der Waals surface area contributed by atoms with Crippen molar-refractivity contribution in [2.75, 3.05) is 41.2 Å². The van der Waals surface area contributed by atoms with Crippen molar-refractivity contribution in [3.63, 3.8) is 0 Å². The third-order valence-electron chi connectivity index (χ3n) is 3.41. The first-order valence-electron chi connectivity index (χ1n) is 7.11. The van der Waals surface area contributed by atoms with Crippen molar-refractivity contribution in [3.05, 3.63) is 0 Å². The van der Waals surface area contributed by atoms with Crippen LogP contribution in [0.3, 0.4) is 0 Å². The van der Waals surface area contributed by atoms with Gasteiger partial charge in [-0.2, -0.15) is 0 Å². The van der Waals surface area contributed by atoms with Gasteiger partial charge in [-0.15, -0.1) is 0 Å². The Kier molecular flexibility index (Phi) is 8.85. The van der Waals surface area contributed by atoms with Crippen LogP contribution in [0.2, 0.25) is 6.04 Å². The Morgan fingerprint density at radius 1 is 0.947 bits per heavy atom. The molecule has 0 saturated carbocycles. The maximum Gasteiger partial charge on any atom is 0.500 e. The predicted octanol–water partition coefficient (Wildman–Crippen LogP) is 2.23. The van der Waals surface area contributed by atoms with Crippen molar-refractivity contribution in [1.29, 1.82) is 0 Å². The summed E-state index contributed by atoms with van der Waals surface area (Å²) in [5.74, 6) is 0. The zero-order valence-electron chi connectivity index (χ0n) is 12.5. The van der Waals surface area contributed by atoms with E-state index in [1.54, 1.807) is 21.3 Å². The average molecular weight is 292 g/mol. The lowest BCUT2D eigenvalue weighted by molar-refractivity contribution is 0.112. The van der Waals surface area contributed by atoms with Crippen LogP contribution in [0, 0.1) is 0 Å². The highest BCUT2D eigenvalue weighted by Gasteiger charge is 2.36. The summed E-state index contributed by atoms with van der Waals surface area (Å²) in [5.41, 5.74) is 0. The molecule has 0 radical (unpaired) electrons. The van der Waals surface area contributed by atoms with Gasteiger partial charge in [-0.3, -0.25) is 0 Å². The van der Waals surface area contributed by atoms with E-state index in [9.17, 15) is 0 Å². The lowest BCUT2D eigenvalue weighted by Gasteiger charge is -2.24. The van der Waals surface area contributed by atoms with Crippen molar-refractivity contribution in [1.82, 2.24) is 0 Å². The first kappa shape index (κ1) is 17.1. The molecule has 1 aliphatic heterocycles. The van der Waals surface area contributed by atoms with Gasteiger partial charge in [0.2, 0.25) is 0 Å². The number of rotatable bonds is 13. The Labute approximate surface area is 117 Å². The normalized spacial score (nSPS) is 18.8. The van der Waals surface area contributed by atoms with Crippen molar-refractivity contribution >= 4 is 8.80 Å². The van der Waals surface area contributed by atoms with Gasteiger partial charge in [0.15, 0.2) is 0 Å². The topological polar surface area (TPSA) is 49.5 Å². The highest BCUT2D eigenvalue weighted by atomic mass is 28.4. The highest BCUT2D eigenvalue weighted by Crippen LogP contribution is 2.18. The summed E-state index contributed by atoms with van der Waals surface area (Å²) in [5, 5.41) is 0. The van der Waals surface area contributed by atoms with Gasteiger partial charge in [-0.05, 0) is 12.8 Å². The quantitative estimate of drug-likeness (QED) is 0.296. The molecule has 114 valence electrons. The van der Waals surface area contributed by atoms with E-state index in [1.165, 1.54) is 19.3 Å². The van der Waals surface area contributed by atoms with Gasteiger partial charge in [0, 0.05) is 34.0 Å². The molecule has 0 bridgehead atoms. The van der Waals surface area contributed by atoms with E-state index < -0.39 is 8.80 Å². The van der Waals surface area contributed by atoms with Crippen LogP contribution in [0.1, 0.15) is 32.1 Å². The van der Waals surface area contributed by atoms with Gasteiger partial charge in [-0.1, -0.05) is 19.3 Å². The summed E-state index contributed by atoms with van der Waals surface area (Å²) >= 11 is 0. The van der Waals surface area contributed by atoms with Gasteiger partial charge in [0.1, 0.15) is 6.10 Å². The molecule has 1 aliphatic rings. The Hall–Kier alpha value is 0.0169. The monoisotopic (exact) mass is 292 g/mol. The smallest absolute Gasteiger partial charge is 0.379 e. The summed E-state index contributed by atoms with van der Waals surface area (Å²) in [7, 11) is 2.66. The molecule has 1 unspecified atom stereocenters. The van der Waals surface area contributed by atoms with Crippen molar-refractivity contribution < 1.29 is 22.8 Å². The Balaban J connectivity index is 1.86. The van der Waals surface area contributed by atoms with Gasteiger partial charge in [0.25, 0.3) is 0 Å². The molecule has 0 aromatic heterocycles. The van der Waals surface area contributed by atoms with Crippen LogP contribution in [0.5, 0.6) is 0 Å². The van der Waals surface area contributed by atoms with Crippen LogP contribution >= 0.6 is 0 Å². The minimum absolute atomic E-state index is 0.384. The molecule has 1 saturated heterocycles. The lowest BCUT2D eigenvalue weighted by atomic mass is 10.2. The van der Waals surface area contributed by atoms with Crippen LogP contribution in [0.15, 0.2) is 0 Å². The molecule has 1 fully saturated rings. The SMILES string of the molecule is CO[Si](CCCCCCCOCC1CO1)(OC)OC. The predicted molar refractivity (Wildman–Crippen MR) is 75.2 cm³/mol. The molecular weight excluding hydrogens is 264 g/mol.